The van der Waals surface area contributed by atoms with E-state index in [1.54, 1.807) is 16.8 Å². The van der Waals surface area contributed by atoms with Gasteiger partial charge < -0.3 is 10.1 Å². The molecule has 0 fully saturated rings. The third kappa shape index (κ3) is 4.43. The lowest BCUT2D eigenvalue weighted by Gasteiger charge is -2.09. The average molecular weight is 392 g/mol. The lowest BCUT2D eigenvalue weighted by Crippen LogP contribution is -2.14. The Morgan fingerprint density at radius 3 is 2.63 bits per heavy atom. The monoisotopic (exact) mass is 391 g/mol. The Kier molecular flexibility index (Phi) is 5.71. The van der Waals surface area contributed by atoms with Crippen molar-refractivity contribution < 1.29 is 18.3 Å². The molecule has 0 radical (unpaired) electrons. The first kappa shape index (κ1) is 18.8. The van der Waals surface area contributed by atoms with Crippen LogP contribution in [-0.2, 0) is 6.42 Å². The van der Waals surface area contributed by atoms with E-state index in [4.69, 9.17) is 11.6 Å². The Morgan fingerprint density at radius 2 is 2.00 bits per heavy atom. The molecular formula is C19H16ClF2N3O2. The number of alkyl halides is 2. The summed E-state index contributed by atoms with van der Waals surface area (Å²) < 4.78 is 30.3. The Labute approximate surface area is 159 Å². The highest BCUT2D eigenvalue weighted by Gasteiger charge is 2.17. The molecule has 0 spiro atoms. The van der Waals surface area contributed by atoms with Crippen molar-refractivity contribution >= 4 is 23.2 Å². The first-order chi connectivity index (χ1) is 13.0. The van der Waals surface area contributed by atoms with Gasteiger partial charge in [-0.25, -0.2) is 4.68 Å². The molecule has 8 heteroatoms. The van der Waals surface area contributed by atoms with Gasteiger partial charge in [0.1, 0.15) is 5.75 Å². The van der Waals surface area contributed by atoms with E-state index in [0.717, 1.165) is 11.4 Å². The quantitative estimate of drug-likeness (QED) is 0.647. The highest BCUT2D eigenvalue weighted by Crippen LogP contribution is 2.21. The molecule has 3 rings (SSSR count). The second kappa shape index (κ2) is 8.18. The molecule has 0 aliphatic heterocycles. The average Bonchev–Trinajstić information content (AvgIpc) is 3.07. The van der Waals surface area contributed by atoms with Crippen LogP contribution in [0.1, 0.15) is 23.0 Å². The van der Waals surface area contributed by atoms with Gasteiger partial charge in [-0.15, -0.1) is 0 Å². The molecule has 1 heterocycles. The molecule has 1 N–H and O–H groups in total. The Balaban J connectivity index is 1.81. The number of benzene rings is 2. The molecule has 0 aliphatic carbocycles. The predicted molar refractivity (Wildman–Crippen MR) is 99.0 cm³/mol. The third-order valence-electron chi connectivity index (χ3n) is 3.84. The maximum absolute atomic E-state index is 12.6. The van der Waals surface area contributed by atoms with Crippen LogP contribution in [-0.4, -0.2) is 22.3 Å². The molecular weight excluding hydrogens is 376 g/mol. The Morgan fingerprint density at radius 1 is 1.26 bits per heavy atom. The van der Waals surface area contributed by atoms with Gasteiger partial charge in [0, 0.05) is 10.7 Å². The highest BCUT2D eigenvalue weighted by atomic mass is 35.5. The van der Waals surface area contributed by atoms with Crippen LogP contribution in [0, 0.1) is 0 Å². The van der Waals surface area contributed by atoms with Crippen LogP contribution in [0.2, 0.25) is 5.02 Å². The minimum atomic E-state index is -2.89. The molecule has 0 saturated heterocycles. The number of halogens is 3. The van der Waals surface area contributed by atoms with E-state index < -0.39 is 6.61 Å². The molecule has 27 heavy (non-hydrogen) atoms. The van der Waals surface area contributed by atoms with Gasteiger partial charge in [0.15, 0.2) is 0 Å². The number of hydrogen-bond acceptors (Lipinski definition) is 3. The number of amides is 1. The summed E-state index contributed by atoms with van der Waals surface area (Å²) in [6.07, 6.45) is 2.07. The SMILES string of the molecule is CCc1c(C(=O)Nc2ccc(OC(F)F)cc2)cnn1-c1cccc(Cl)c1. The summed E-state index contributed by atoms with van der Waals surface area (Å²) in [6.45, 7) is -0.972. The number of carbonyl (C=O) groups excluding carboxylic acids is 1. The number of carbonyl (C=O) groups is 1. The van der Waals surface area contributed by atoms with Gasteiger partial charge in [0.05, 0.1) is 23.1 Å². The van der Waals surface area contributed by atoms with Crippen molar-refractivity contribution in [1.29, 1.82) is 0 Å². The maximum atomic E-state index is 12.6. The molecule has 2 aromatic carbocycles. The van der Waals surface area contributed by atoms with Crippen molar-refractivity contribution in [3.63, 3.8) is 0 Å². The number of hydrogen-bond donors (Lipinski definition) is 1. The normalized spacial score (nSPS) is 10.9. The Hall–Kier alpha value is -2.93. The van der Waals surface area contributed by atoms with Gasteiger partial charge in [-0.1, -0.05) is 24.6 Å². The van der Waals surface area contributed by atoms with Crippen molar-refractivity contribution in [2.24, 2.45) is 0 Å². The maximum Gasteiger partial charge on any atom is 0.387 e. The van der Waals surface area contributed by atoms with E-state index in [1.807, 2.05) is 19.1 Å². The first-order valence-corrected chi connectivity index (χ1v) is 8.54. The number of rotatable bonds is 6. The van der Waals surface area contributed by atoms with E-state index in [2.05, 4.69) is 15.2 Å². The van der Waals surface area contributed by atoms with Crippen LogP contribution in [0.25, 0.3) is 5.69 Å². The number of aromatic nitrogens is 2. The van der Waals surface area contributed by atoms with Gasteiger partial charge in [-0.2, -0.15) is 13.9 Å². The van der Waals surface area contributed by atoms with E-state index in [1.165, 1.54) is 30.5 Å². The summed E-state index contributed by atoms with van der Waals surface area (Å²) in [5, 5.41) is 7.60. The number of anilines is 1. The van der Waals surface area contributed by atoms with Crippen molar-refractivity contribution in [1.82, 2.24) is 9.78 Å². The lowest BCUT2D eigenvalue weighted by molar-refractivity contribution is -0.0498. The topological polar surface area (TPSA) is 56.1 Å². The van der Waals surface area contributed by atoms with Crippen LogP contribution in [0.4, 0.5) is 14.5 Å². The first-order valence-electron chi connectivity index (χ1n) is 8.17. The molecule has 1 amide bonds. The van der Waals surface area contributed by atoms with Gasteiger partial charge in [0.2, 0.25) is 0 Å². The fraction of sp³-hybridized carbons (Fsp3) is 0.158. The van der Waals surface area contributed by atoms with Gasteiger partial charge in [0.25, 0.3) is 5.91 Å². The number of nitrogens with zero attached hydrogens (tertiary/aromatic N) is 2. The van der Waals surface area contributed by atoms with Gasteiger partial charge >= 0.3 is 6.61 Å². The van der Waals surface area contributed by atoms with Crippen molar-refractivity contribution in [2.45, 2.75) is 20.0 Å². The summed E-state index contributed by atoms with van der Waals surface area (Å²) in [7, 11) is 0. The zero-order valence-electron chi connectivity index (χ0n) is 14.3. The third-order valence-corrected chi connectivity index (χ3v) is 4.07. The standard InChI is InChI=1S/C19H16ClF2N3O2/c1-2-17-16(11-23-25(17)14-5-3-4-12(20)10-14)18(26)24-13-6-8-15(9-7-13)27-19(21)22/h3-11,19H,2H2,1H3,(H,24,26). The molecule has 0 unspecified atom stereocenters. The molecule has 0 atom stereocenters. The summed E-state index contributed by atoms with van der Waals surface area (Å²) in [6, 6.07) is 12.9. The molecule has 3 aromatic rings. The minimum absolute atomic E-state index is 0.0195. The Bertz CT molecular complexity index is 942. The summed E-state index contributed by atoms with van der Waals surface area (Å²) in [4.78, 5) is 12.6. The number of ether oxygens (including phenoxy) is 1. The molecule has 5 nitrogen and oxygen atoms in total. The largest absolute Gasteiger partial charge is 0.435 e. The van der Waals surface area contributed by atoms with Crippen LogP contribution < -0.4 is 10.1 Å². The minimum Gasteiger partial charge on any atom is -0.435 e. The zero-order valence-corrected chi connectivity index (χ0v) is 15.1. The van der Waals surface area contributed by atoms with Crippen molar-refractivity contribution in [3.8, 4) is 11.4 Å². The van der Waals surface area contributed by atoms with Crippen LogP contribution >= 0.6 is 11.6 Å². The molecule has 1 aromatic heterocycles. The fourth-order valence-corrected chi connectivity index (χ4v) is 2.84. The summed E-state index contributed by atoms with van der Waals surface area (Å²) in [5.41, 5.74) is 2.36. The molecule has 0 saturated carbocycles. The van der Waals surface area contributed by atoms with Crippen LogP contribution in [0.3, 0.4) is 0 Å². The van der Waals surface area contributed by atoms with E-state index in [-0.39, 0.29) is 11.7 Å². The fourth-order valence-electron chi connectivity index (χ4n) is 2.65. The molecule has 0 bridgehead atoms. The highest BCUT2D eigenvalue weighted by molar-refractivity contribution is 6.30. The lowest BCUT2D eigenvalue weighted by atomic mass is 10.1. The molecule has 0 aliphatic rings. The van der Waals surface area contributed by atoms with Gasteiger partial charge in [-0.05, 0) is 48.9 Å². The zero-order chi connectivity index (χ0) is 19.4. The summed E-state index contributed by atoms with van der Waals surface area (Å²) in [5.74, 6) is -0.325. The van der Waals surface area contributed by atoms with E-state index in [9.17, 15) is 13.6 Å². The smallest absolute Gasteiger partial charge is 0.387 e. The van der Waals surface area contributed by atoms with E-state index >= 15 is 0 Å². The van der Waals surface area contributed by atoms with E-state index in [0.29, 0.717) is 22.7 Å². The summed E-state index contributed by atoms with van der Waals surface area (Å²) >= 11 is 6.03. The van der Waals surface area contributed by atoms with Crippen molar-refractivity contribution in [2.75, 3.05) is 5.32 Å². The second-order valence-corrected chi connectivity index (χ2v) is 6.04. The van der Waals surface area contributed by atoms with Gasteiger partial charge in [-0.3, -0.25) is 4.79 Å². The van der Waals surface area contributed by atoms with Crippen LogP contribution in [0.5, 0.6) is 5.75 Å². The molecule has 140 valence electrons. The number of nitrogens with one attached hydrogen (secondary N) is 1. The van der Waals surface area contributed by atoms with Crippen molar-refractivity contribution in [3.05, 3.63) is 71.0 Å². The predicted octanol–water partition coefficient (Wildman–Crippen LogP) is 4.94. The second-order valence-electron chi connectivity index (χ2n) is 5.61. The van der Waals surface area contributed by atoms with Crippen LogP contribution in [0.15, 0.2) is 54.7 Å².